The zero-order valence-corrected chi connectivity index (χ0v) is 19.7. The molecule has 4 atom stereocenters. The number of nitrogens with two attached hydrogens (primary N) is 1. The fraction of sp³-hybridized carbons (Fsp3) is 0.571. The van der Waals surface area contributed by atoms with Gasteiger partial charge >= 0.3 is 5.97 Å². The molecule has 9 heteroatoms. The van der Waals surface area contributed by atoms with Crippen LogP contribution in [0.3, 0.4) is 0 Å². The highest BCUT2D eigenvalue weighted by molar-refractivity contribution is 7.98. The SMILES string of the molecule is CC[C@H](C)[C@H](N)C(=O)N[C@@H](Cc1ccccc1)C(=O)N[C@@H](CCSC)C(=O)OC.Cl. The van der Waals surface area contributed by atoms with E-state index in [1.807, 2.05) is 50.4 Å². The highest BCUT2D eigenvalue weighted by atomic mass is 35.5. The third-order valence-corrected chi connectivity index (χ3v) is 5.53. The zero-order chi connectivity index (χ0) is 21.8. The fourth-order valence-electron chi connectivity index (χ4n) is 2.74. The predicted molar refractivity (Wildman–Crippen MR) is 124 cm³/mol. The summed E-state index contributed by atoms with van der Waals surface area (Å²) in [5, 5.41) is 5.49. The smallest absolute Gasteiger partial charge is 0.328 e. The number of nitrogens with one attached hydrogen (secondary N) is 2. The summed E-state index contributed by atoms with van der Waals surface area (Å²) in [6.07, 6.45) is 3.41. The van der Waals surface area contributed by atoms with Crippen LogP contribution >= 0.6 is 24.2 Å². The van der Waals surface area contributed by atoms with Crippen molar-refractivity contribution in [1.29, 1.82) is 0 Å². The Balaban J connectivity index is 0.00000841. The van der Waals surface area contributed by atoms with Crippen molar-refractivity contribution in [2.75, 3.05) is 19.1 Å². The molecule has 30 heavy (non-hydrogen) atoms. The Kier molecular flexibility index (Phi) is 14.2. The lowest BCUT2D eigenvalue weighted by atomic mass is 9.98. The average molecular weight is 460 g/mol. The van der Waals surface area contributed by atoms with Crippen LogP contribution in [0.2, 0.25) is 0 Å². The van der Waals surface area contributed by atoms with Crippen LogP contribution in [0.15, 0.2) is 30.3 Å². The van der Waals surface area contributed by atoms with Gasteiger partial charge < -0.3 is 21.1 Å². The molecule has 0 bridgehead atoms. The van der Waals surface area contributed by atoms with Crippen molar-refractivity contribution in [3.63, 3.8) is 0 Å². The van der Waals surface area contributed by atoms with Crippen LogP contribution in [0.5, 0.6) is 0 Å². The number of carbonyl (C=O) groups is 3. The average Bonchev–Trinajstić information content (AvgIpc) is 2.74. The van der Waals surface area contributed by atoms with Gasteiger partial charge in [-0.05, 0) is 29.9 Å². The van der Waals surface area contributed by atoms with Gasteiger partial charge in [0.15, 0.2) is 0 Å². The Morgan fingerprint density at radius 1 is 1.10 bits per heavy atom. The lowest BCUT2D eigenvalue weighted by molar-refractivity contribution is -0.145. The predicted octanol–water partition coefficient (Wildman–Crippen LogP) is 1.92. The number of thioether (sulfide) groups is 1. The number of benzene rings is 1. The van der Waals surface area contributed by atoms with Gasteiger partial charge in [-0.25, -0.2) is 4.79 Å². The van der Waals surface area contributed by atoms with Gasteiger partial charge in [-0.2, -0.15) is 11.8 Å². The maximum atomic E-state index is 13.0. The molecule has 0 unspecified atom stereocenters. The first-order valence-electron chi connectivity index (χ1n) is 9.81. The van der Waals surface area contributed by atoms with Crippen molar-refractivity contribution in [3.8, 4) is 0 Å². The van der Waals surface area contributed by atoms with Crippen molar-refractivity contribution in [2.24, 2.45) is 11.7 Å². The third-order valence-electron chi connectivity index (χ3n) is 4.89. The van der Waals surface area contributed by atoms with Crippen molar-refractivity contribution < 1.29 is 19.1 Å². The van der Waals surface area contributed by atoms with Gasteiger partial charge in [-0.15, -0.1) is 12.4 Å². The van der Waals surface area contributed by atoms with Gasteiger partial charge in [-0.1, -0.05) is 50.6 Å². The molecule has 1 aromatic carbocycles. The van der Waals surface area contributed by atoms with Gasteiger partial charge in [-0.3, -0.25) is 9.59 Å². The normalized spacial score (nSPS) is 14.4. The molecular formula is C21H34ClN3O4S. The van der Waals surface area contributed by atoms with Crippen LogP contribution in [-0.2, 0) is 25.5 Å². The molecule has 0 aliphatic heterocycles. The monoisotopic (exact) mass is 459 g/mol. The van der Waals surface area contributed by atoms with Crippen LogP contribution in [0.1, 0.15) is 32.3 Å². The molecule has 2 amide bonds. The zero-order valence-electron chi connectivity index (χ0n) is 18.1. The van der Waals surface area contributed by atoms with E-state index < -0.39 is 30.0 Å². The molecule has 0 aliphatic rings. The minimum absolute atomic E-state index is 0. The first kappa shape index (κ1) is 28.2. The van der Waals surface area contributed by atoms with Crippen LogP contribution < -0.4 is 16.4 Å². The largest absolute Gasteiger partial charge is 0.467 e. The number of amides is 2. The Bertz CT molecular complexity index is 663. The quantitative estimate of drug-likeness (QED) is 0.412. The minimum Gasteiger partial charge on any atom is -0.467 e. The molecule has 0 heterocycles. The first-order chi connectivity index (χ1) is 13.8. The number of esters is 1. The molecule has 0 aliphatic carbocycles. The number of hydrogen-bond acceptors (Lipinski definition) is 6. The second-order valence-electron chi connectivity index (χ2n) is 7.03. The van der Waals surface area contributed by atoms with E-state index >= 15 is 0 Å². The number of hydrogen-bond donors (Lipinski definition) is 3. The second-order valence-corrected chi connectivity index (χ2v) is 8.01. The fourth-order valence-corrected chi connectivity index (χ4v) is 3.21. The Hall–Kier alpha value is -1.77. The van der Waals surface area contributed by atoms with Gasteiger partial charge in [0.1, 0.15) is 12.1 Å². The molecule has 170 valence electrons. The summed E-state index contributed by atoms with van der Waals surface area (Å²) in [6, 6.07) is 7.06. The van der Waals surface area contributed by atoms with E-state index in [0.29, 0.717) is 18.6 Å². The summed E-state index contributed by atoms with van der Waals surface area (Å²) in [5.74, 6) is -0.646. The summed E-state index contributed by atoms with van der Waals surface area (Å²) >= 11 is 1.57. The maximum Gasteiger partial charge on any atom is 0.328 e. The molecule has 7 nitrogen and oxygen atoms in total. The molecule has 0 saturated heterocycles. The Morgan fingerprint density at radius 3 is 2.23 bits per heavy atom. The lowest BCUT2D eigenvalue weighted by Gasteiger charge is -2.25. The molecule has 0 fully saturated rings. The Morgan fingerprint density at radius 2 is 1.70 bits per heavy atom. The van der Waals surface area contributed by atoms with Crippen LogP contribution in [0.4, 0.5) is 0 Å². The van der Waals surface area contributed by atoms with E-state index in [0.717, 1.165) is 12.0 Å². The highest BCUT2D eigenvalue weighted by Gasteiger charge is 2.29. The molecule has 0 saturated carbocycles. The highest BCUT2D eigenvalue weighted by Crippen LogP contribution is 2.09. The number of halogens is 1. The van der Waals surface area contributed by atoms with Crippen molar-refractivity contribution in [1.82, 2.24) is 10.6 Å². The van der Waals surface area contributed by atoms with Crippen molar-refractivity contribution >= 4 is 42.0 Å². The second kappa shape index (κ2) is 15.1. The minimum atomic E-state index is -0.846. The number of rotatable bonds is 12. The van der Waals surface area contributed by atoms with Crippen LogP contribution in [0, 0.1) is 5.92 Å². The molecule has 1 rings (SSSR count). The summed E-state index contributed by atoms with van der Waals surface area (Å²) in [5.41, 5.74) is 6.92. The van der Waals surface area contributed by atoms with Gasteiger partial charge in [0, 0.05) is 6.42 Å². The van der Waals surface area contributed by atoms with E-state index in [9.17, 15) is 14.4 Å². The lowest BCUT2D eigenvalue weighted by Crippen LogP contribution is -2.56. The summed E-state index contributed by atoms with van der Waals surface area (Å²) in [7, 11) is 1.29. The van der Waals surface area contributed by atoms with Crippen LogP contribution in [0.25, 0.3) is 0 Å². The number of carbonyl (C=O) groups excluding carboxylic acids is 3. The molecule has 4 N–H and O–H groups in total. The number of ether oxygens (including phenoxy) is 1. The molecule has 0 spiro atoms. The molecule has 1 aromatic rings. The Labute approximate surface area is 189 Å². The first-order valence-corrected chi connectivity index (χ1v) is 11.2. The van der Waals surface area contributed by atoms with E-state index in [-0.39, 0.29) is 24.2 Å². The van der Waals surface area contributed by atoms with Crippen molar-refractivity contribution in [3.05, 3.63) is 35.9 Å². The summed E-state index contributed by atoms with van der Waals surface area (Å²) in [6.45, 7) is 3.85. The van der Waals surface area contributed by atoms with E-state index in [1.54, 1.807) is 11.8 Å². The van der Waals surface area contributed by atoms with Crippen LogP contribution in [-0.4, -0.2) is 55.0 Å². The van der Waals surface area contributed by atoms with Crippen molar-refractivity contribution in [2.45, 2.75) is 51.2 Å². The standard InChI is InChI=1S/C21H33N3O4S.ClH/c1-5-14(2)18(22)20(26)24-17(13-15-9-7-6-8-10-15)19(25)23-16(11-12-29-4)21(27)28-3;/h6-10,14,16-18H,5,11-13,22H2,1-4H3,(H,23,25)(H,24,26);1H/t14-,16-,17-,18-;/m0./s1. The molecule has 0 aromatic heterocycles. The number of methoxy groups -OCH3 is 1. The van der Waals surface area contributed by atoms with E-state index in [1.165, 1.54) is 7.11 Å². The molecular weight excluding hydrogens is 426 g/mol. The van der Waals surface area contributed by atoms with Gasteiger partial charge in [0.25, 0.3) is 0 Å². The van der Waals surface area contributed by atoms with Gasteiger partial charge in [0.2, 0.25) is 11.8 Å². The third kappa shape index (κ3) is 9.36. The topological polar surface area (TPSA) is 111 Å². The van der Waals surface area contributed by atoms with E-state index in [4.69, 9.17) is 10.5 Å². The summed E-state index contributed by atoms with van der Waals surface area (Å²) in [4.78, 5) is 37.6. The van der Waals surface area contributed by atoms with Gasteiger partial charge in [0.05, 0.1) is 13.2 Å². The summed E-state index contributed by atoms with van der Waals surface area (Å²) < 4.78 is 4.80. The molecule has 0 radical (unpaired) electrons. The maximum absolute atomic E-state index is 13.0. The van der Waals surface area contributed by atoms with E-state index in [2.05, 4.69) is 10.6 Å².